The van der Waals surface area contributed by atoms with Gasteiger partial charge in [-0.1, -0.05) is 20.4 Å². The molecule has 1 aliphatic rings. The first kappa shape index (κ1) is 7.88. The number of sulfonamides is 1. The average Bonchev–Trinajstić information content (AvgIpc) is 2.27. The lowest BCUT2D eigenvalue weighted by atomic mass is 10.3. The first-order valence-electron chi connectivity index (χ1n) is 3.07. The first-order valence-corrected chi connectivity index (χ1v) is 5.30. The van der Waals surface area contributed by atoms with Crippen LogP contribution in [0.1, 0.15) is 0 Å². The third-order valence-electron chi connectivity index (χ3n) is 1.45. The number of fused-ring (bicyclic) bond motifs is 1. The second-order valence-corrected chi connectivity index (χ2v) is 4.74. The van der Waals surface area contributed by atoms with Gasteiger partial charge < -0.3 is 0 Å². The van der Waals surface area contributed by atoms with E-state index in [2.05, 4.69) is 25.6 Å². The predicted octanol–water partition coefficient (Wildman–Crippen LogP) is 2.24. The van der Waals surface area contributed by atoms with Crippen molar-refractivity contribution >= 4 is 31.6 Å². The van der Waals surface area contributed by atoms with Crippen molar-refractivity contribution in [1.82, 2.24) is 0 Å². The molecule has 0 aliphatic carbocycles. The van der Waals surface area contributed by atoms with Crippen molar-refractivity contribution in [2.75, 3.05) is 0 Å². The Kier molecular flexibility index (Phi) is 1.55. The van der Waals surface area contributed by atoms with Crippen LogP contribution in [0.25, 0.3) is 0 Å². The molecule has 1 aliphatic heterocycles. The van der Waals surface area contributed by atoms with Gasteiger partial charge in [-0.05, 0) is 18.2 Å². The van der Waals surface area contributed by atoms with Crippen LogP contribution in [0, 0.1) is 0 Å². The van der Waals surface area contributed by atoms with E-state index in [1.54, 1.807) is 12.1 Å². The number of hydrogen-bond donors (Lipinski definition) is 0. The molecule has 2 rings (SSSR count). The summed E-state index contributed by atoms with van der Waals surface area (Å²) in [5, 5.41) is 3.52. The largest absolute Gasteiger partial charge is 0.301 e. The van der Waals surface area contributed by atoms with Gasteiger partial charge in [-0.2, -0.15) is 8.42 Å². The highest BCUT2D eigenvalue weighted by atomic mass is 79.9. The van der Waals surface area contributed by atoms with Crippen LogP contribution in [0.4, 0.5) is 5.69 Å². The Morgan fingerprint density at radius 2 is 2.08 bits per heavy atom. The van der Waals surface area contributed by atoms with E-state index >= 15 is 0 Å². The maximum atomic E-state index is 11.1. The number of benzene rings is 1. The molecule has 62 valence electrons. The zero-order valence-corrected chi connectivity index (χ0v) is 8.13. The minimum atomic E-state index is -3.48. The van der Waals surface area contributed by atoms with Crippen molar-refractivity contribution in [2.45, 2.75) is 4.90 Å². The van der Waals surface area contributed by atoms with Gasteiger partial charge in [0, 0.05) is 4.47 Å². The molecule has 0 unspecified atom stereocenters. The summed E-state index contributed by atoms with van der Waals surface area (Å²) in [5.41, 5.74) is 0.393. The lowest BCUT2D eigenvalue weighted by molar-refractivity contribution is 0.599. The van der Waals surface area contributed by atoms with Crippen molar-refractivity contribution in [3.05, 3.63) is 22.7 Å². The summed E-state index contributed by atoms with van der Waals surface area (Å²) in [5.74, 6) is 0. The molecule has 0 spiro atoms. The van der Waals surface area contributed by atoms with Crippen molar-refractivity contribution in [3.8, 4) is 0 Å². The Labute approximate surface area is 77.5 Å². The van der Waals surface area contributed by atoms with Crippen LogP contribution in [0.5, 0.6) is 0 Å². The molecule has 0 radical (unpaired) electrons. The normalized spacial score (nSPS) is 17.8. The van der Waals surface area contributed by atoms with Gasteiger partial charge in [0.25, 0.3) is 0 Å². The molecule has 0 fully saturated rings. The summed E-state index contributed by atoms with van der Waals surface area (Å²) in [6, 6.07) is 4.74. The first-order chi connectivity index (χ1) is 5.59. The van der Waals surface area contributed by atoms with E-state index in [1.165, 1.54) is 6.07 Å². The van der Waals surface area contributed by atoms with E-state index in [9.17, 15) is 8.42 Å². The fraction of sp³-hybridized carbons (Fsp3) is 0. The summed E-state index contributed by atoms with van der Waals surface area (Å²) in [6.45, 7) is 0. The third kappa shape index (κ3) is 1.07. The van der Waals surface area contributed by atoms with Crippen molar-refractivity contribution in [1.29, 1.82) is 0 Å². The molecule has 6 heteroatoms. The van der Waals surface area contributed by atoms with Crippen LogP contribution in [0.3, 0.4) is 0 Å². The van der Waals surface area contributed by atoms with Crippen LogP contribution in [0.2, 0.25) is 0 Å². The molecular weight excluding hydrogens is 244 g/mol. The number of rotatable bonds is 0. The van der Waals surface area contributed by atoms with E-state index < -0.39 is 10.0 Å². The summed E-state index contributed by atoms with van der Waals surface area (Å²) in [7, 11) is -3.48. The van der Waals surface area contributed by atoms with E-state index in [0.717, 1.165) is 4.47 Å². The average molecular weight is 247 g/mol. The van der Waals surface area contributed by atoms with Gasteiger partial charge in [0.15, 0.2) is 0 Å². The van der Waals surface area contributed by atoms with Crippen molar-refractivity contribution in [3.63, 3.8) is 0 Å². The van der Waals surface area contributed by atoms with E-state index in [4.69, 9.17) is 0 Å². The van der Waals surface area contributed by atoms with Crippen LogP contribution < -0.4 is 0 Å². The van der Waals surface area contributed by atoms with Crippen LogP contribution >= 0.6 is 15.9 Å². The van der Waals surface area contributed by atoms with Gasteiger partial charge in [-0.3, -0.25) is 0 Å². The number of hydrogen-bond acceptors (Lipinski definition) is 3. The summed E-state index contributed by atoms with van der Waals surface area (Å²) >= 11 is 3.21. The fourth-order valence-electron chi connectivity index (χ4n) is 0.929. The van der Waals surface area contributed by atoms with Crippen LogP contribution in [0.15, 0.2) is 37.2 Å². The topological polar surface area (TPSA) is 58.9 Å². The SMILES string of the molecule is O=S1(=O)N=Nc2cc(Br)ccc21. The highest BCUT2D eigenvalue weighted by molar-refractivity contribution is 9.10. The Bertz CT molecular complexity index is 466. The Morgan fingerprint density at radius 1 is 1.33 bits per heavy atom. The molecule has 0 amide bonds. The minimum absolute atomic E-state index is 0.172. The highest BCUT2D eigenvalue weighted by Crippen LogP contribution is 2.34. The van der Waals surface area contributed by atoms with Gasteiger partial charge in [-0.15, -0.1) is 5.11 Å². The molecule has 0 aromatic heterocycles. The predicted molar refractivity (Wildman–Crippen MR) is 45.8 cm³/mol. The highest BCUT2D eigenvalue weighted by Gasteiger charge is 2.23. The van der Waals surface area contributed by atoms with E-state index in [1.807, 2.05) is 0 Å². The van der Waals surface area contributed by atoms with Gasteiger partial charge in [0.05, 0.1) is 0 Å². The maximum absolute atomic E-state index is 11.1. The molecule has 1 heterocycles. The fourth-order valence-corrected chi connectivity index (χ4v) is 2.16. The molecule has 4 nitrogen and oxygen atoms in total. The van der Waals surface area contributed by atoms with Crippen LogP contribution in [-0.2, 0) is 10.0 Å². The van der Waals surface area contributed by atoms with Crippen LogP contribution in [-0.4, -0.2) is 8.42 Å². The quantitative estimate of drug-likeness (QED) is 0.705. The number of nitrogens with zero attached hydrogens (tertiary/aromatic N) is 2. The number of halogens is 1. The molecule has 0 bridgehead atoms. The van der Waals surface area contributed by atoms with Gasteiger partial charge in [-0.25, -0.2) is 0 Å². The molecule has 0 atom stereocenters. The van der Waals surface area contributed by atoms with Gasteiger partial charge >= 0.3 is 10.0 Å². The third-order valence-corrected chi connectivity index (χ3v) is 3.15. The van der Waals surface area contributed by atoms with Crippen molar-refractivity contribution in [2.24, 2.45) is 9.63 Å². The Hall–Kier alpha value is -0.750. The summed E-state index contributed by atoms with van der Waals surface area (Å²) in [6.07, 6.45) is 0. The van der Waals surface area contributed by atoms with E-state index in [0.29, 0.717) is 5.69 Å². The minimum Gasteiger partial charge on any atom is -0.198 e. The smallest absolute Gasteiger partial charge is 0.198 e. The van der Waals surface area contributed by atoms with Crippen molar-refractivity contribution < 1.29 is 8.42 Å². The monoisotopic (exact) mass is 246 g/mol. The zero-order valence-electron chi connectivity index (χ0n) is 5.73. The summed E-state index contributed by atoms with van der Waals surface area (Å²) < 4.78 is 26.1. The summed E-state index contributed by atoms with van der Waals surface area (Å²) in [4.78, 5) is 0.172. The van der Waals surface area contributed by atoms with Gasteiger partial charge in [0.1, 0.15) is 10.6 Å². The van der Waals surface area contributed by atoms with Gasteiger partial charge in [0.2, 0.25) is 0 Å². The molecule has 0 N–H and O–H groups in total. The molecule has 0 saturated carbocycles. The Balaban J connectivity index is 2.78. The lowest BCUT2D eigenvalue weighted by Gasteiger charge is -1.93. The van der Waals surface area contributed by atoms with E-state index in [-0.39, 0.29) is 4.90 Å². The molecule has 12 heavy (non-hydrogen) atoms. The maximum Gasteiger partial charge on any atom is 0.301 e. The molecule has 1 aromatic carbocycles. The zero-order chi connectivity index (χ0) is 8.77. The second-order valence-electron chi connectivity index (χ2n) is 2.27. The molecule has 0 saturated heterocycles. The lowest BCUT2D eigenvalue weighted by Crippen LogP contribution is -1.90. The molecule has 1 aromatic rings. The Morgan fingerprint density at radius 3 is 2.83 bits per heavy atom. The molecular formula is C6H3BrN2O2S. The second kappa shape index (κ2) is 2.37. The standard InChI is InChI=1S/C6H3BrN2O2S/c7-4-1-2-6-5(3-4)8-9-12(6,10)11/h1-3H.